The molecule has 2 fully saturated rings. The van der Waals surface area contributed by atoms with E-state index in [2.05, 4.69) is 10.3 Å². The van der Waals surface area contributed by atoms with Gasteiger partial charge in [0, 0.05) is 24.1 Å². The molecule has 4 rings (SSSR count). The molecule has 1 N–H and O–H groups in total. The van der Waals surface area contributed by atoms with Gasteiger partial charge in [0.25, 0.3) is 5.91 Å². The van der Waals surface area contributed by atoms with Gasteiger partial charge in [0.2, 0.25) is 5.91 Å². The van der Waals surface area contributed by atoms with Crippen LogP contribution in [0.4, 0.5) is 9.93 Å². The number of imide groups is 1. The van der Waals surface area contributed by atoms with Gasteiger partial charge in [0.1, 0.15) is 23.6 Å². The Morgan fingerprint density at radius 1 is 1.19 bits per heavy atom. The summed E-state index contributed by atoms with van der Waals surface area (Å²) in [6, 6.07) is 4.97. The maximum absolute atomic E-state index is 13.0. The van der Waals surface area contributed by atoms with Gasteiger partial charge in [-0.1, -0.05) is 19.3 Å². The molecule has 10 heteroatoms. The van der Waals surface area contributed by atoms with E-state index >= 15 is 0 Å². The molecule has 2 aliphatic rings. The van der Waals surface area contributed by atoms with Crippen molar-refractivity contribution in [3.05, 3.63) is 23.6 Å². The maximum Gasteiger partial charge on any atom is 0.327 e. The first-order chi connectivity index (χ1) is 15.4. The van der Waals surface area contributed by atoms with E-state index in [1.54, 1.807) is 38.8 Å². The zero-order valence-electron chi connectivity index (χ0n) is 18.3. The molecule has 1 aliphatic carbocycles. The quantitative estimate of drug-likeness (QED) is 0.666. The molecule has 1 saturated carbocycles. The Balaban J connectivity index is 1.45. The van der Waals surface area contributed by atoms with Gasteiger partial charge in [-0.25, -0.2) is 9.78 Å². The maximum atomic E-state index is 13.0. The number of benzene rings is 1. The second kappa shape index (κ2) is 8.78. The molecule has 32 heavy (non-hydrogen) atoms. The summed E-state index contributed by atoms with van der Waals surface area (Å²) in [5.74, 6) is 0.523. The number of hydrogen-bond donors (Lipinski definition) is 1. The molecule has 0 unspecified atom stereocenters. The second-order valence-corrected chi connectivity index (χ2v) is 8.84. The van der Waals surface area contributed by atoms with Crippen LogP contribution in [0, 0.1) is 0 Å². The van der Waals surface area contributed by atoms with Crippen molar-refractivity contribution in [1.82, 2.24) is 14.8 Å². The molecule has 4 amide bonds. The fourth-order valence-electron chi connectivity index (χ4n) is 4.44. The van der Waals surface area contributed by atoms with E-state index < -0.39 is 17.5 Å². The molecule has 0 atom stereocenters. The van der Waals surface area contributed by atoms with Gasteiger partial charge >= 0.3 is 6.03 Å². The first kappa shape index (κ1) is 22.1. The summed E-state index contributed by atoms with van der Waals surface area (Å²) in [4.78, 5) is 45.4. The SMILES string of the molecule is COc1ccc(-c2csc(NC(=O)CN3C(=O)N(C)C4(CCCCC4)C3=O)n2)c(OC)c1. The molecule has 1 saturated heterocycles. The number of rotatable bonds is 6. The number of nitrogens with one attached hydrogen (secondary N) is 1. The summed E-state index contributed by atoms with van der Waals surface area (Å²) < 4.78 is 10.6. The Labute approximate surface area is 190 Å². The summed E-state index contributed by atoms with van der Waals surface area (Å²) in [7, 11) is 4.79. The third-order valence-corrected chi connectivity index (χ3v) is 6.98. The molecule has 1 aromatic carbocycles. The number of aromatic nitrogens is 1. The smallest absolute Gasteiger partial charge is 0.327 e. The third kappa shape index (κ3) is 3.79. The number of ether oxygens (including phenoxy) is 2. The number of anilines is 1. The summed E-state index contributed by atoms with van der Waals surface area (Å²) in [6.07, 6.45) is 4.15. The molecular formula is C22H26N4O5S. The van der Waals surface area contributed by atoms with Crippen LogP contribution in [0.15, 0.2) is 23.6 Å². The van der Waals surface area contributed by atoms with Crippen molar-refractivity contribution in [3.8, 4) is 22.8 Å². The molecule has 2 heterocycles. The third-order valence-electron chi connectivity index (χ3n) is 6.22. The minimum absolute atomic E-state index is 0.275. The number of methoxy groups -OCH3 is 2. The number of amides is 4. The van der Waals surface area contributed by atoms with Gasteiger partial charge in [-0.15, -0.1) is 11.3 Å². The Morgan fingerprint density at radius 2 is 1.94 bits per heavy atom. The molecule has 170 valence electrons. The number of carbonyl (C=O) groups is 3. The van der Waals surface area contributed by atoms with Crippen LogP contribution >= 0.6 is 11.3 Å². The van der Waals surface area contributed by atoms with Crippen molar-refractivity contribution in [3.63, 3.8) is 0 Å². The van der Waals surface area contributed by atoms with E-state index in [0.29, 0.717) is 35.2 Å². The van der Waals surface area contributed by atoms with Crippen LogP contribution in [-0.4, -0.2) is 66.0 Å². The lowest BCUT2D eigenvalue weighted by Crippen LogP contribution is -2.49. The first-order valence-corrected chi connectivity index (χ1v) is 11.3. The highest BCUT2D eigenvalue weighted by molar-refractivity contribution is 7.14. The predicted molar refractivity (Wildman–Crippen MR) is 120 cm³/mol. The molecule has 2 aromatic rings. The van der Waals surface area contributed by atoms with Gasteiger partial charge in [-0.05, 0) is 25.0 Å². The van der Waals surface area contributed by atoms with Gasteiger partial charge in [-0.2, -0.15) is 0 Å². The van der Waals surface area contributed by atoms with E-state index in [1.807, 2.05) is 6.07 Å². The van der Waals surface area contributed by atoms with Crippen molar-refractivity contribution in [2.24, 2.45) is 0 Å². The molecule has 1 aliphatic heterocycles. The largest absolute Gasteiger partial charge is 0.497 e. The van der Waals surface area contributed by atoms with E-state index in [-0.39, 0.29) is 12.5 Å². The van der Waals surface area contributed by atoms with Crippen LogP contribution in [0.25, 0.3) is 11.3 Å². The molecule has 1 spiro atoms. The van der Waals surface area contributed by atoms with Crippen LogP contribution in [0.2, 0.25) is 0 Å². The standard InChI is InChI=1S/C22H26N4O5S/c1-25-21(29)26(19(28)22(25)9-5-4-6-10-22)12-18(27)24-20-23-16(13-32-20)15-8-7-14(30-2)11-17(15)31-3/h7-8,11,13H,4-6,9-10,12H2,1-3H3,(H,23,24,27). The fourth-order valence-corrected chi connectivity index (χ4v) is 5.17. The lowest BCUT2D eigenvalue weighted by molar-refractivity contribution is -0.136. The van der Waals surface area contributed by atoms with Crippen LogP contribution in [0.5, 0.6) is 11.5 Å². The van der Waals surface area contributed by atoms with Crippen molar-refractivity contribution < 1.29 is 23.9 Å². The number of carbonyl (C=O) groups excluding carboxylic acids is 3. The normalized spacial score (nSPS) is 17.7. The average Bonchev–Trinajstić information content (AvgIpc) is 3.34. The van der Waals surface area contributed by atoms with Gasteiger partial charge < -0.3 is 19.7 Å². The summed E-state index contributed by atoms with van der Waals surface area (Å²) in [5, 5.41) is 4.88. The minimum atomic E-state index is -0.797. The Bertz CT molecular complexity index is 1050. The Hall–Kier alpha value is -3.14. The molecule has 9 nitrogen and oxygen atoms in total. The van der Waals surface area contributed by atoms with Crippen molar-refractivity contribution in [2.75, 3.05) is 33.1 Å². The van der Waals surface area contributed by atoms with Crippen molar-refractivity contribution >= 4 is 34.3 Å². The van der Waals surface area contributed by atoms with Gasteiger partial charge in [0.05, 0.1) is 19.9 Å². The molecule has 1 aromatic heterocycles. The van der Waals surface area contributed by atoms with E-state index in [1.165, 1.54) is 16.2 Å². The second-order valence-electron chi connectivity index (χ2n) is 7.98. The summed E-state index contributed by atoms with van der Waals surface area (Å²) >= 11 is 1.25. The van der Waals surface area contributed by atoms with Crippen molar-refractivity contribution in [2.45, 2.75) is 37.6 Å². The van der Waals surface area contributed by atoms with Crippen LogP contribution < -0.4 is 14.8 Å². The zero-order valence-corrected chi connectivity index (χ0v) is 19.2. The molecule has 0 bridgehead atoms. The lowest BCUT2D eigenvalue weighted by Gasteiger charge is -2.35. The lowest BCUT2D eigenvalue weighted by atomic mass is 9.81. The van der Waals surface area contributed by atoms with Crippen LogP contribution in [-0.2, 0) is 9.59 Å². The Morgan fingerprint density at radius 3 is 2.62 bits per heavy atom. The zero-order chi connectivity index (χ0) is 22.9. The highest BCUT2D eigenvalue weighted by Gasteiger charge is 2.55. The average molecular weight is 459 g/mol. The van der Waals surface area contributed by atoms with Crippen LogP contribution in [0.1, 0.15) is 32.1 Å². The van der Waals surface area contributed by atoms with Gasteiger partial charge in [0.15, 0.2) is 5.13 Å². The van der Waals surface area contributed by atoms with Crippen LogP contribution in [0.3, 0.4) is 0 Å². The monoisotopic (exact) mass is 458 g/mol. The number of likely N-dealkylation sites (N-methyl/N-ethyl adjacent to an activating group) is 1. The highest BCUT2D eigenvalue weighted by Crippen LogP contribution is 2.39. The number of urea groups is 1. The summed E-state index contributed by atoms with van der Waals surface area (Å²) in [6.45, 7) is -0.329. The topological polar surface area (TPSA) is 101 Å². The number of hydrogen-bond acceptors (Lipinski definition) is 7. The minimum Gasteiger partial charge on any atom is -0.497 e. The molecular weight excluding hydrogens is 432 g/mol. The summed E-state index contributed by atoms with van der Waals surface area (Å²) in [5.41, 5.74) is 0.601. The molecule has 0 radical (unpaired) electrons. The van der Waals surface area contributed by atoms with Gasteiger partial charge in [-0.3, -0.25) is 14.5 Å². The van der Waals surface area contributed by atoms with Crippen molar-refractivity contribution in [1.29, 1.82) is 0 Å². The number of nitrogens with zero attached hydrogens (tertiary/aromatic N) is 3. The highest BCUT2D eigenvalue weighted by atomic mass is 32.1. The fraction of sp³-hybridized carbons (Fsp3) is 0.455. The van der Waals surface area contributed by atoms with E-state index in [9.17, 15) is 14.4 Å². The number of thiazole rings is 1. The van der Waals surface area contributed by atoms with E-state index in [4.69, 9.17) is 9.47 Å². The first-order valence-electron chi connectivity index (χ1n) is 10.5. The predicted octanol–water partition coefficient (Wildman–Crippen LogP) is 3.36. The Kier molecular flexibility index (Phi) is 6.05. The van der Waals surface area contributed by atoms with E-state index in [0.717, 1.165) is 29.7 Å².